The van der Waals surface area contributed by atoms with E-state index in [0.29, 0.717) is 0 Å². The molecule has 3 aromatic rings. The van der Waals surface area contributed by atoms with Crippen LogP contribution in [0.15, 0.2) is 93.5 Å². The lowest BCUT2D eigenvalue weighted by molar-refractivity contribution is 0.368. The molecule has 0 unspecified atom stereocenters. The van der Waals surface area contributed by atoms with E-state index in [-0.39, 0.29) is 10.9 Å². The molecule has 6 heteroatoms. The Balaban J connectivity index is 0.000000324. The number of benzene rings is 3. The van der Waals surface area contributed by atoms with E-state index in [0.717, 1.165) is 6.42 Å². The fraction of sp³-hybridized carbons (Fsp3) is 0.0526. The summed E-state index contributed by atoms with van der Waals surface area (Å²) < 4.78 is 39.0. The van der Waals surface area contributed by atoms with Crippen molar-refractivity contribution in [2.75, 3.05) is 0 Å². The summed E-state index contributed by atoms with van der Waals surface area (Å²) in [4.78, 5) is 4.38. The first-order valence-electron chi connectivity index (χ1n) is 7.76. The van der Waals surface area contributed by atoms with Crippen LogP contribution in [0.1, 0.15) is 11.1 Å². The summed E-state index contributed by atoms with van der Waals surface area (Å²) in [6.07, 6.45) is 1.06. The Morgan fingerprint density at radius 2 is 1.00 bits per heavy atom. The van der Waals surface area contributed by atoms with Gasteiger partial charge in [-0.15, -0.1) is 0 Å². The highest BCUT2D eigenvalue weighted by Gasteiger charge is 2.36. The summed E-state index contributed by atoms with van der Waals surface area (Å²) in [7, 11) is -5.96. The average Bonchev–Trinajstić information content (AvgIpc) is 2.59. The molecule has 0 saturated heterocycles. The predicted octanol–water partition coefficient (Wildman–Crippen LogP) is 5.99. The van der Waals surface area contributed by atoms with Gasteiger partial charge in [-0.1, -0.05) is 54.6 Å². The van der Waals surface area contributed by atoms with E-state index in [1.807, 2.05) is 0 Å². The second kappa shape index (κ2) is 7.36. The van der Waals surface area contributed by atoms with E-state index in [1.54, 1.807) is 0 Å². The van der Waals surface area contributed by atoms with Crippen LogP contribution in [0.2, 0.25) is 0 Å². The molecule has 0 saturated carbocycles. The van der Waals surface area contributed by atoms with Crippen molar-refractivity contribution in [3.05, 3.63) is 90.0 Å². The zero-order valence-corrected chi connectivity index (χ0v) is 14.0. The lowest BCUT2D eigenvalue weighted by Gasteiger charge is -2.19. The summed E-state index contributed by atoms with van der Waals surface area (Å²) in [6, 6.07) is 28.6. The number of hydrogen-bond acceptors (Lipinski definition) is 0. The van der Waals surface area contributed by atoms with Crippen molar-refractivity contribution in [3.63, 3.8) is 0 Å². The molecule has 0 bridgehead atoms. The Hall–Kier alpha value is -2.21. The van der Waals surface area contributed by atoms with E-state index in [1.165, 1.54) is 25.8 Å². The smallest absolute Gasteiger partial charge is 0.418 e. The Morgan fingerprint density at radius 3 is 1.48 bits per heavy atom. The van der Waals surface area contributed by atoms with E-state index >= 15 is 0 Å². The van der Waals surface area contributed by atoms with Gasteiger partial charge in [0.05, 0.1) is 10.9 Å². The monoisotopic (exact) mass is 362 g/mol. The van der Waals surface area contributed by atoms with Crippen molar-refractivity contribution in [2.24, 2.45) is 0 Å². The van der Waals surface area contributed by atoms with Crippen LogP contribution in [0.5, 0.6) is 0 Å². The summed E-state index contributed by atoms with van der Waals surface area (Å²) in [5.41, 5.74) is 2.94. The molecule has 0 N–H and O–H groups in total. The van der Waals surface area contributed by atoms with E-state index in [9.17, 15) is 17.3 Å². The second-order valence-corrected chi connectivity index (χ2v) is 7.47. The van der Waals surface area contributed by atoms with Gasteiger partial charge >= 0.3 is 7.25 Å². The van der Waals surface area contributed by atoms with Gasteiger partial charge < -0.3 is 17.3 Å². The molecule has 1 heterocycles. The maximum atomic E-state index is 9.75. The molecule has 0 spiro atoms. The molecular weight excluding hydrogens is 347 g/mol. The summed E-state index contributed by atoms with van der Waals surface area (Å²) in [5.74, 6) is 0. The van der Waals surface area contributed by atoms with Crippen LogP contribution in [0.3, 0.4) is 0 Å². The number of halogens is 4. The lowest BCUT2D eigenvalue weighted by atomic mass is 10.0. The zero-order valence-electron chi connectivity index (χ0n) is 13.2. The SMILES string of the molecule is F[B-](F)(F)F.c1ccc([S+]2c3ccccc3Cc3ccccc32)cc1. The van der Waals surface area contributed by atoms with E-state index in [2.05, 4.69) is 78.9 Å². The third kappa shape index (κ3) is 4.45. The van der Waals surface area contributed by atoms with Gasteiger partial charge in [-0.25, -0.2) is 0 Å². The normalized spacial score (nSPS) is 13.3. The summed E-state index contributed by atoms with van der Waals surface area (Å²) in [5, 5.41) is 0. The first kappa shape index (κ1) is 17.6. The summed E-state index contributed by atoms with van der Waals surface area (Å²) >= 11 is 0. The third-order valence-corrected chi connectivity index (χ3v) is 6.16. The van der Waals surface area contributed by atoms with E-state index in [4.69, 9.17) is 0 Å². The van der Waals surface area contributed by atoms with Crippen LogP contribution in [-0.4, -0.2) is 7.25 Å². The number of fused-ring (bicyclic) bond motifs is 2. The highest BCUT2D eigenvalue weighted by molar-refractivity contribution is 7.97. The highest BCUT2D eigenvalue weighted by atomic mass is 32.2. The molecule has 0 aliphatic carbocycles. The van der Waals surface area contributed by atoms with Crippen molar-refractivity contribution < 1.29 is 17.3 Å². The third-order valence-electron chi connectivity index (χ3n) is 3.74. The van der Waals surface area contributed by atoms with Crippen molar-refractivity contribution >= 4 is 18.1 Å². The average molecular weight is 362 g/mol. The Bertz CT molecular complexity index is 798. The van der Waals surface area contributed by atoms with Crippen LogP contribution >= 0.6 is 0 Å². The predicted molar refractivity (Wildman–Crippen MR) is 94.5 cm³/mol. The van der Waals surface area contributed by atoms with Gasteiger partial charge in [-0.05, 0) is 24.3 Å². The minimum absolute atomic E-state index is 0.0421. The molecular formula is C19H15BF4S. The van der Waals surface area contributed by atoms with Crippen molar-refractivity contribution in [3.8, 4) is 0 Å². The maximum absolute atomic E-state index is 9.75. The maximum Gasteiger partial charge on any atom is 0.673 e. The quantitative estimate of drug-likeness (QED) is 0.222. The Morgan fingerprint density at radius 1 is 0.600 bits per heavy atom. The van der Waals surface area contributed by atoms with Gasteiger partial charge in [0.25, 0.3) is 0 Å². The molecule has 4 rings (SSSR count). The highest BCUT2D eigenvalue weighted by Crippen LogP contribution is 2.39. The van der Waals surface area contributed by atoms with Gasteiger partial charge in [0.15, 0.2) is 14.7 Å². The fourth-order valence-electron chi connectivity index (χ4n) is 2.83. The van der Waals surface area contributed by atoms with Gasteiger partial charge in [0.1, 0.15) is 0 Å². The van der Waals surface area contributed by atoms with Gasteiger partial charge in [-0.3, -0.25) is 0 Å². The zero-order chi connectivity index (χ0) is 17.9. The van der Waals surface area contributed by atoms with Crippen LogP contribution in [0.25, 0.3) is 0 Å². The second-order valence-electron chi connectivity index (χ2n) is 5.51. The standard InChI is InChI=1S/C19H15S.BF4/c1-2-10-17(11-3-1)20-18-12-6-4-8-15(18)14-16-9-5-7-13-19(16)20;2-1(3,4)5/h1-13H,14H2;/q+1;-1. The van der Waals surface area contributed by atoms with Crippen LogP contribution < -0.4 is 0 Å². The van der Waals surface area contributed by atoms with Crippen molar-refractivity contribution in [2.45, 2.75) is 21.1 Å². The minimum Gasteiger partial charge on any atom is -0.418 e. The molecule has 3 aromatic carbocycles. The van der Waals surface area contributed by atoms with Crippen LogP contribution in [0, 0.1) is 0 Å². The fourth-order valence-corrected chi connectivity index (χ4v) is 5.24. The van der Waals surface area contributed by atoms with Gasteiger partial charge in [0.2, 0.25) is 0 Å². The Kier molecular flexibility index (Phi) is 5.18. The van der Waals surface area contributed by atoms with Gasteiger partial charge in [0, 0.05) is 17.5 Å². The number of rotatable bonds is 1. The first-order valence-corrected chi connectivity index (χ1v) is 8.98. The minimum atomic E-state index is -6.00. The molecule has 0 amide bonds. The molecule has 0 fully saturated rings. The lowest BCUT2D eigenvalue weighted by Crippen LogP contribution is -2.15. The topological polar surface area (TPSA) is 0 Å². The van der Waals surface area contributed by atoms with Crippen molar-refractivity contribution in [1.29, 1.82) is 0 Å². The van der Waals surface area contributed by atoms with Crippen LogP contribution in [0.4, 0.5) is 17.3 Å². The molecule has 25 heavy (non-hydrogen) atoms. The molecule has 0 atom stereocenters. The first-order chi connectivity index (χ1) is 11.9. The largest absolute Gasteiger partial charge is 0.673 e. The molecule has 0 nitrogen and oxygen atoms in total. The molecule has 0 aromatic heterocycles. The van der Waals surface area contributed by atoms with Crippen LogP contribution in [-0.2, 0) is 17.3 Å². The molecule has 1 aliphatic heterocycles. The molecule has 0 radical (unpaired) electrons. The van der Waals surface area contributed by atoms with Crippen molar-refractivity contribution in [1.82, 2.24) is 0 Å². The Labute approximate surface area is 147 Å². The van der Waals surface area contributed by atoms with E-state index < -0.39 is 7.25 Å². The molecule has 128 valence electrons. The summed E-state index contributed by atoms with van der Waals surface area (Å²) in [6.45, 7) is 0. The number of hydrogen-bond donors (Lipinski definition) is 0. The van der Waals surface area contributed by atoms with Gasteiger partial charge in [-0.2, -0.15) is 0 Å². The molecule has 1 aliphatic rings.